The molecule has 2 aliphatic rings. The molecule has 39 heavy (non-hydrogen) atoms. The number of ether oxygens (including phenoxy) is 1. The molecular weight excluding hydrogens is 476 g/mol. The van der Waals surface area contributed by atoms with Gasteiger partial charge in [-0.15, -0.1) is 0 Å². The summed E-state index contributed by atoms with van der Waals surface area (Å²) < 4.78 is 6.59. The summed E-state index contributed by atoms with van der Waals surface area (Å²) in [6, 6.07) is 42.2. The lowest BCUT2D eigenvalue weighted by atomic mass is 9.76. The lowest BCUT2D eigenvalue weighted by Gasteiger charge is -2.26. The van der Waals surface area contributed by atoms with Crippen molar-refractivity contribution in [3.8, 4) is 17.0 Å². The maximum atomic E-state index is 6.59. The van der Waals surface area contributed by atoms with Gasteiger partial charge in [-0.3, -0.25) is 0 Å². The summed E-state index contributed by atoms with van der Waals surface area (Å²) in [6.45, 7) is 0. The van der Waals surface area contributed by atoms with E-state index in [0.29, 0.717) is 5.82 Å². The van der Waals surface area contributed by atoms with Crippen LogP contribution in [0.5, 0.6) is 5.75 Å². The number of para-hydroxylation sites is 1. The molecule has 0 amide bonds. The molecule has 0 saturated heterocycles. The van der Waals surface area contributed by atoms with E-state index in [-0.39, 0.29) is 11.8 Å². The first-order valence-corrected chi connectivity index (χ1v) is 13.3. The van der Waals surface area contributed by atoms with E-state index < -0.39 is 0 Å². The van der Waals surface area contributed by atoms with Crippen molar-refractivity contribution >= 4 is 27.2 Å². The van der Waals surface area contributed by atoms with Crippen LogP contribution in [0.4, 0.5) is 0 Å². The Hall–Kier alpha value is -5.02. The summed E-state index contributed by atoms with van der Waals surface area (Å²) in [4.78, 5) is 10.2. The number of aromatic nitrogens is 2. The fourth-order valence-corrected chi connectivity index (χ4v) is 6.02. The molecule has 8 rings (SSSR count). The molecule has 0 spiro atoms. The third kappa shape index (κ3) is 3.66. The Labute approximate surface area is 226 Å². The van der Waals surface area contributed by atoms with Gasteiger partial charge in [-0.1, -0.05) is 109 Å². The molecule has 2 heterocycles. The number of hydrogen-bond acceptors (Lipinski definition) is 3. The first-order chi connectivity index (χ1) is 19.3. The van der Waals surface area contributed by atoms with Crippen molar-refractivity contribution in [3.05, 3.63) is 156 Å². The van der Waals surface area contributed by atoms with Crippen molar-refractivity contribution in [2.45, 2.75) is 11.8 Å². The molecular formula is C36H24N2O. The van der Waals surface area contributed by atoms with Gasteiger partial charge in [0.1, 0.15) is 11.5 Å². The van der Waals surface area contributed by atoms with E-state index in [0.717, 1.165) is 39.2 Å². The third-order valence-corrected chi connectivity index (χ3v) is 7.86. The quantitative estimate of drug-likeness (QED) is 0.244. The highest BCUT2D eigenvalue weighted by atomic mass is 16.5. The highest BCUT2D eigenvalue weighted by Crippen LogP contribution is 2.53. The van der Waals surface area contributed by atoms with Crippen LogP contribution in [0.15, 0.2) is 139 Å². The third-order valence-electron chi connectivity index (χ3n) is 7.86. The van der Waals surface area contributed by atoms with E-state index >= 15 is 0 Å². The van der Waals surface area contributed by atoms with Crippen LogP contribution in [-0.2, 0) is 0 Å². The fraction of sp³-hybridized carbons (Fsp3) is 0.0556. The molecule has 6 aromatic rings. The smallest absolute Gasteiger partial charge is 0.160 e. The summed E-state index contributed by atoms with van der Waals surface area (Å²) in [5, 5.41) is 3.46. The number of fused-ring (bicyclic) bond motifs is 5. The van der Waals surface area contributed by atoms with Gasteiger partial charge in [-0.2, -0.15) is 0 Å². The summed E-state index contributed by atoms with van der Waals surface area (Å²) in [6.07, 6.45) is 4.48. The van der Waals surface area contributed by atoms with Crippen molar-refractivity contribution in [3.63, 3.8) is 0 Å². The van der Waals surface area contributed by atoms with Crippen molar-refractivity contribution < 1.29 is 4.74 Å². The van der Waals surface area contributed by atoms with Gasteiger partial charge in [0.25, 0.3) is 0 Å². The maximum absolute atomic E-state index is 6.59. The summed E-state index contributed by atoms with van der Waals surface area (Å²) >= 11 is 0. The normalized spacial score (nSPS) is 17.7. The predicted octanol–water partition coefficient (Wildman–Crippen LogP) is 8.69. The molecule has 1 aliphatic carbocycles. The lowest BCUT2D eigenvalue weighted by molar-refractivity contribution is 0.417. The highest BCUT2D eigenvalue weighted by Gasteiger charge is 2.39. The van der Waals surface area contributed by atoms with Crippen LogP contribution >= 0.6 is 0 Å². The highest BCUT2D eigenvalue weighted by molar-refractivity contribution is 5.94. The Morgan fingerprint density at radius 1 is 0.641 bits per heavy atom. The van der Waals surface area contributed by atoms with Crippen LogP contribution < -0.4 is 4.74 Å². The van der Waals surface area contributed by atoms with E-state index in [2.05, 4.69) is 115 Å². The SMILES string of the molecule is C1=C(c2nc(-c3ccccc3)c3ccccc3n2)C=C2Oc3cc4ccccc4cc3C2C1c1ccccc1. The number of rotatable bonds is 3. The van der Waals surface area contributed by atoms with Crippen molar-refractivity contribution in [2.24, 2.45) is 0 Å². The largest absolute Gasteiger partial charge is 0.461 e. The first kappa shape index (κ1) is 22.0. The zero-order valence-corrected chi connectivity index (χ0v) is 21.2. The van der Waals surface area contributed by atoms with Crippen LogP contribution in [0.3, 0.4) is 0 Å². The number of nitrogens with zero attached hydrogens (tertiary/aromatic N) is 2. The summed E-state index contributed by atoms with van der Waals surface area (Å²) in [7, 11) is 0. The Morgan fingerprint density at radius 2 is 1.33 bits per heavy atom. The minimum Gasteiger partial charge on any atom is -0.461 e. The van der Waals surface area contributed by atoms with Gasteiger partial charge < -0.3 is 4.74 Å². The van der Waals surface area contributed by atoms with Crippen molar-refractivity contribution in [1.82, 2.24) is 9.97 Å². The van der Waals surface area contributed by atoms with E-state index in [4.69, 9.17) is 14.7 Å². The maximum Gasteiger partial charge on any atom is 0.160 e. The lowest BCUT2D eigenvalue weighted by Crippen LogP contribution is -2.15. The van der Waals surface area contributed by atoms with Crippen LogP contribution in [-0.4, -0.2) is 9.97 Å². The van der Waals surface area contributed by atoms with E-state index in [9.17, 15) is 0 Å². The van der Waals surface area contributed by atoms with Gasteiger partial charge in [0.15, 0.2) is 5.82 Å². The topological polar surface area (TPSA) is 35.0 Å². The average Bonchev–Trinajstić information content (AvgIpc) is 3.37. The van der Waals surface area contributed by atoms with Gasteiger partial charge in [0, 0.05) is 28.0 Å². The standard InChI is InChI=1S/C36H24N2O/c1-3-11-23(12-4-1)29-20-27(22-33-34(29)30-19-25-15-7-8-16-26(25)21-32(30)39-33)36-37-31-18-10-9-17-28(31)35(38-36)24-13-5-2-6-14-24/h1-22,29,34H. The second-order valence-corrected chi connectivity index (χ2v) is 10.2. The molecule has 0 radical (unpaired) electrons. The zero-order valence-electron chi connectivity index (χ0n) is 21.2. The molecule has 1 aromatic heterocycles. The van der Waals surface area contributed by atoms with Gasteiger partial charge >= 0.3 is 0 Å². The Bertz CT molecular complexity index is 1940. The van der Waals surface area contributed by atoms with Crippen LogP contribution in [0, 0.1) is 0 Å². The molecule has 2 unspecified atom stereocenters. The fourth-order valence-electron chi connectivity index (χ4n) is 6.02. The zero-order chi connectivity index (χ0) is 25.8. The Kier molecular flexibility index (Phi) is 4.95. The number of hydrogen-bond donors (Lipinski definition) is 0. The molecule has 0 N–H and O–H groups in total. The average molecular weight is 501 g/mol. The predicted molar refractivity (Wildman–Crippen MR) is 158 cm³/mol. The van der Waals surface area contributed by atoms with E-state index in [1.807, 2.05) is 18.2 Å². The van der Waals surface area contributed by atoms with Gasteiger partial charge in [0.05, 0.1) is 17.1 Å². The number of allylic oxidation sites excluding steroid dienone is 4. The number of benzene rings is 5. The molecule has 184 valence electrons. The molecule has 0 saturated carbocycles. The molecule has 0 bridgehead atoms. The van der Waals surface area contributed by atoms with Crippen LogP contribution in [0.25, 0.3) is 38.5 Å². The molecule has 5 aromatic carbocycles. The van der Waals surface area contributed by atoms with Crippen molar-refractivity contribution in [2.75, 3.05) is 0 Å². The minimum absolute atomic E-state index is 0.0962. The van der Waals surface area contributed by atoms with Crippen molar-refractivity contribution in [1.29, 1.82) is 0 Å². The summed E-state index contributed by atoms with van der Waals surface area (Å²) in [5.74, 6) is 2.79. The van der Waals surface area contributed by atoms with E-state index in [1.54, 1.807) is 0 Å². The van der Waals surface area contributed by atoms with E-state index in [1.165, 1.54) is 21.9 Å². The molecule has 0 fully saturated rings. The van der Waals surface area contributed by atoms with Crippen LogP contribution in [0.1, 0.15) is 28.8 Å². The van der Waals surface area contributed by atoms with Crippen LogP contribution in [0.2, 0.25) is 0 Å². The first-order valence-electron chi connectivity index (χ1n) is 13.3. The van der Waals surface area contributed by atoms with Gasteiger partial charge in [-0.05, 0) is 40.6 Å². The second-order valence-electron chi connectivity index (χ2n) is 10.2. The molecule has 3 nitrogen and oxygen atoms in total. The molecule has 2 atom stereocenters. The van der Waals surface area contributed by atoms with Gasteiger partial charge in [0.2, 0.25) is 0 Å². The molecule has 1 aliphatic heterocycles. The summed E-state index contributed by atoms with van der Waals surface area (Å²) in [5.41, 5.74) is 6.41. The monoisotopic (exact) mass is 500 g/mol. The van der Waals surface area contributed by atoms with Gasteiger partial charge in [-0.25, -0.2) is 9.97 Å². The molecule has 3 heteroatoms. The Balaban J connectivity index is 1.33. The minimum atomic E-state index is 0.0962. The Morgan fingerprint density at radius 3 is 2.15 bits per heavy atom. The second kappa shape index (κ2) is 8.78.